The molecule has 1 unspecified atom stereocenters. The molecule has 3 amide bonds. The van der Waals surface area contributed by atoms with E-state index >= 15 is 0 Å². The summed E-state index contributed by atoms with van der Waals surface area (Å²) in [6, 6.07) is 8.59. The number of likely N-dealkylation sites (N-methyl/N-ethyl adjacent to an activating group) is 2. The number of hydroxylamine groups is 1. The summed E-state index contributed by atoms with van der Waals surface area (Å²) < 4.78 is 12.1. The predicted octanol–water partition coefficient (Wildman–Crippen LogP) is 5.98. The lowest BCUT2D eigenvalue weighted by atomic mass is 9.83. The third-order valence-corrected chi connectivity index (χ3v) is 12.4. The number of ether oxygens (including phenoxy) is 2. The minimum absolute atomic E-state index is 0.00661. The van der Waals surface area contributed by atoms with Crippen LogP contribution in [0.1, 0.15) is 113 Å². The van der Waals surface area contributed by atoms with Gasteiger partial charge in [-0.1, -0.05) is 85.2 Å². The first-order valence-electron chi connectivity index (χ1n) is 22.6. The van der Waals surface area contributed by atoms with E-state index in [4.69, 9.17) is 14.3 Å². The van der Waals surface area contributed by atoms with Crippen molar-refractivity contribution in [3.8, 4) is 0 Å². The van der Waals surface area contributed by atoms with Crippen molar-refractivity contribution in [2.75, 3.05) is 55.1 Å². The Labute approximate surface area is 368 Å². The molecule has 1 fully saturated rings. The molecule has 13 nitrogen and oxygen atoms in total. The second-order valence-corrected chi connectivity index (χ2v) is 19.3. The molecule has 1 saturated heterocycles. The van der Waals surface area contributed by atoms with Gasteiger partial charge in [-0.3, -0.25) is 33.7 Å². The van der Waals surface area contributed by atoms with Crippen LogP contribution in [0.4, 0.5) is 0 Å². The standard InChI is InChI=1S/C48H83N5O8/c1-16-33(6)44(52(13)47(58)37(31(2)3)29-40(55)43(32(4)5)51(11)12)41(59-14)30-42(56)53-25-20-23-38(53)45(60-15)34(7)39(54)28-36(27-35-21-18-17-19-22-35)46(57)49-24-26-61-50-48(8,9)10/h17-19,21-22,31-34,36-38,41,43-45,50H,16,20,23-30H2,1-15H3,(H,49,57)/t33-,34-,36+,37-,38-,41+,43-,44?,45+/m0/s1. The molecule has 0 aliphatic carbocycles. The third-order valence-electron chi connectivity index (χ3n) is 12.4. The highest BCUT2D eigenvalue weighted by Crippen LogP contribution is 2.32. The first-order chi connectivity index (χ1) is 28.6. The van der Waals surface area contributed by atoms with Gasteiger partial charge in [0.1, 0.15) is 5.78 Å². The van der Waals surface area contributed by atoms with E-state index in [9.17, 15) is 24.0 Å². The molecule has 1 aromatic rings. The van der Waals surface area contributed by atoms with E-state index in [0.717, 1.165) is 18.4 Å². The molecule has 1 aliphatic heterocycles. The van der Waals surface area contributed by atoms with Crippen molar-refractivity contribution in [2.24, 2.45) is 35.5 Å². The van der Waals surface area contributed by atoms with Crippen LogP contribution in [0.3, 0.4) is 0 Å². The summed E-state index contributed by atoms with van der Waals surface area (Å²) >= 11 is 0. The Morgan fingerprint density at radius 2 is 1.51 bits per heavy atom. The zero-order chi connectivity index (χ0) is 46.2. The molecule has 0 bridgehead atoms. The summed E-state index contributed by atoms with van der Waals surface area (Å²) in [5.74, 6) is -2.24. The Morgan fingerprint density at radius 1 is 0.869 bits per heavy atom. The molecular formula is C48H83N5O8. The largest absolute Gasteiger partial charge is 0.379 e. The highest BCUT2D eigenvalue weighted by molar-refractivity contribution is 5.90. The predicted molar refractivity (Wildman–Crippen MR) is 241 cm³/mol. The van der Waals surface area contributed by atoms with Crippen LogP contribution in [0.2, 0.25) is 0 Å². The zero-order valence-corrected chi connectivity index (χ0v) is 40.4. The molecule has 61 heavy (non-hydrogen) atoms. The van der Waals surface area contributed by atoms with E-state index in [1.54, 1.807) is 26.2 Å². The zero-order valence-electron chi connectivity index (χ0n) is 40.4. The fraction of sp³-hybridized carbons (Fsp3) is 0.771. The van der Waals surface area contributed by atoms with Crippen molar-refractivity contribution >= 4 is 29.3 Å². The van der Waals surface area contributed by atoms with Crippen LogP contribution < -0.4 is 10.8 Å². The molecule has 1 aromatic carbocycles. The van der Waals surface area contributed by atoms with Gasteiger partial charge in [-0.25, -0.2) is 0 Å². The van der Waals surface area contributed by atoms with Gasteiger partial charge in [0.25, 0.3) is 0 Å². The summed E-state index contributed by atoms with van der Waals surface area (Å²) in [6.45, 7) is 21.0. The Kier molecular flexibility index (Phi) is 22.8. The summed E-state index contributed by atoms with van der Waals surface area (Å²) in [7, 11) is 8.72. The maximum atomic E-state index is 14.4. The fourth-order valence-corrected chi connectivity index (χ4v) is 9.03. The maximum Gasteiger partial charge on any atom is 0.226 e. The second-order valence-electron chi connectivity index (χ2n) is 19.3. The first kappa shape index (κ1) is 53.9. The summed E-state index contributed by atoms with van der Waals surface area (Å²) in [5, 5.41) is 2.95. The SMILES string of the molecule is CC[C@H](C)C([C@@H](CC(=O)N1CCC[C@H]1[C@H](OC)[C@@H](C)C(=O)C[C@@H](Cc1ccccc1)C(=O)NCCONC(C)(C)C)OC)N(C)C(=O)[C@@H](CC(=O)[C@H](C(C)C)N(C)C)C(C)C. The number of benzene rings is 1. The van der Waals surface area contributed by atoms with E-state index < -0.39 is 36.0 Å². The maximum absolute atomic E-state index is 14.4. The van der Waals surface area contributed by atoms with Crippen LogP contribution in [0.15, 0.2) is 30.3 Å². The van der Waals surface area contributed by atoms with E-state index in [1.807, 2.05) is 110 Å². The normalized spacial score (nSPS) is 18.7. The number of carbonyl (C=O) groups excluding carboxylic acids is 5. The van der Waals surface area contributed by atoms with Crippen molar-refractivity contribution < 1.29 is 38.3 Å². The van der Waals surface area contributed by atoms with Crippen LogP contribution in [-0.4, -0.2) is 135 Å². The quantitative estimate of drug-likeness (QED) is 0.0801. The van der Waals surface area contributed by atoms with Gasteiger partial charge < -0.3 is 24.6 Å². The Bertz CT molecular complexity index is 1510. The fourth-order valence-electron chi connectivity index (χ4n) is 9.03. The van der Waals surface area contributed by atoms with Crippen LogP contribution in [-0.2, 0) is 44.7 Å². The average Bonchev–Trinajstić information content (AvgIpc) is 3.68. The molecule has 0 radical (unpaired) electrons. The van der Waals surface area contributed by atoms with Crippen LogP contribution in [0.25, 0.3) is 0 Å². The number of hydrogen-bond acceptors (Lipinski definition) is 10. The lowest BCUT2D eigenvalue weighted by molar-refractivity contribution is -0.149. The van der Waals surface area contributed by atoms with E-state index in [-0.39, 0.29) is 97.1 Å². The molecule has 2 N–H and O–H groups in total. The highest BCUT2D eigenvalue weighted by Gasteiger charge is 2.43. The number of nitrogens with one attached hydrogen (secondary N) is 2. The smallest absolute Gasteiger partial charge is 0.226 e. The van der Waals surface area contributed by atoms with Crippen molar-refractivity contribution in [1.29, 1.82) is 0 Å². The molecular weight excluding hydrogens is 775 g/mol. The van der Waals surface area contributed by atoms with Gasteiger partial charge in [0, 0.05) is 70.5 Å². The molecule has 0 spiro atoms. The third kappa shape index (κ3) is 16.4. The van der Waals surface area contributed by atoms with Crippen molar-refractivity contribution in [1.82, 2.24) is 25.5 Å². The Morgan fingerprint density at radius 3 is 2.03 bits per heavy atom. The number of likely N-dealkylation sites (tertiary alicyclic amines) is 1. The molecule has 9 atom stereocenters. The van der Waals surface area contributed by atoms with Gasteiger partial charge in [-0.05, 0) is 77.4 Å². The topological polar surface area (TPSA) is 147 Å². The number of hydrogen-bond donors (Lipinski definition) is 2. The van der Waals surface area contributed by atoms with Crippen LogP contribution in [0.5, 0.6) is 0 Å². The highest BCUT2D eigenvalue weighted by atomic mass is 16.6. The Balaban J connectivity index is 2.28. The minimum Gasteiger partial charge on any atom is -0.379 e. The molecule has 0 saturated carbocycles. The van der Waals surface area contributed by atoms with Gasteiger partial charge >= 0.3 is 0 Å². The molecule has 2 rings (SSSR count). The van der Waals surface area contributed by atoms with Gasteiger partial charge in [-0.15, -0.1) is 0 Å². The Hall–Kier alpha value is -3.23. The number of Topliss-reactive ketones (excluding diaryl/α,β-unsaturated/α-hetero) is 2. The second kappa shape index (κ2) is 25.8. The number of methoxy groups -OCH3 is 2. The van der Waals surface area contributed by atoms with E-state index in [1.165, 1.54) is 0 Å². The lowest BCUT2D eigenvalue weighted by Crippen LogP contribution is -2.54. The van der Waals surface area contributed by atoms with Gasteiger partial charge in [0.2, 0.25) is 17.7 Å². The van der Waals surface area contributed by atoms with E-state index in [0.29, 0.717) is 19.4 Å². The van der Waals surface area contributed by atoms with Gasteiger partial charge in [-0.2, -0.15) is 5.48 Å². The number of carbonyl (C=O) groups is 5. The monoisotopic (exact) mass is 858 g/mol. The first-order valence-corrected chi connectivity index (χ1v) is 22.6. The molecule has 348 valence electrons. The van der Waals surface area contributed by atoms with Gasteiger partial charge in [0.05, 0.1) is 43.4 Å². The van der Waals surface area contributed by atoms with E-state index in [2.05, 4.69) is 24.6 Å². The van der Waals surface area contributed by atoms with Gasteiger partial charge in [0.15, 0.2) is 5.78 Å². The number of amides is 3. The molecule has 13 heteroatoms. The molecule has 1 aliphatic rings. The summed E-state index contributed by atoms with van der Waals surface area (Å²) in [4.78, 5) is 81.1. The minimum atomic E-state index is -0.613. The molecule has 1 heterocycles. The molecule has 0 aromatic heterocycles. The lowest BCUT2D eigenvalue weighted by Gasteiger charge is -2.41. The van der Waals surface area contributed by atoms with Crippen LogP contribution in [0, 0.1) is 35.5 Å². The van der Waals surface area contributed by atoms with Crippen molar-refractivity contribution in [3.63, 3.8) is 0 Å². The number of rotatable bonds is 27. The average molecular weight is 858 g/mol. The summed E-state index contributed by atoms with van der Waals surface area (Å²) in [5.41, 5.74) is 3.67. The summed E-state index contributed by atoms with van der Waals surface area (Å²) in [6.07, 6.45) is 1.55. The number of nitrogens with zero attached hydrogens (tertiary/aromatic N) is 3. The number of ketones is 2. The van der Waals surface area contributed by atoms with Crippen LogP contribution >= 0.6 is 0 Å². The van der Waals surface area contributed by atoms with Crippen molar-refractivity contribution in [3.05, 3.63) is 35.9 Å². The van der Waals surface area contributed by atoms with Crippen molar-refractivity contribution in [2.45, 2.75) is 150 Å².